The van der Waals surface area contributed by atoms with Gasteiger partial charge < -0.3 is 10.1 Å². The number of hydrogen-bond donors (Lipinski definition) is 1. The summed E-state index contributed by atoms with van der Waals surface area (Å²) in [6.07, 6.45) is 5.63. The molecule has 0 spiro atoms. The van der Waals surface area contributed by atoms with Crippen LogP contribution in [0.25, 0.3) is 0 Å². The third-order valence-corrected chi connectivity index (χ3v) is 5.72. The normalized spacial score (nSPS) is 20.8. The van der Waals surface area contributed by atoms with E-state index in [1.165, 1.54) is 26.2 Å². The molecule has 0 aromatic heterocycles. The van der Waals surface area contributed by atoms with Crippen molar-refractivity contribution in [1.29, 1.82) is 0 Å². The summed E-state index contributed by atoms with van der Waals surface area (Å²) in [4.78, 5) is 23.5. The molecule has 1 aromatic rings. The van der Waals surface area contributed by atoms with E-state index >= 15 is 0 Å². The number of benzene rings is 1. The maximum absolute atomic E-state index is 12.1. The van der Waals surface area contributed by atoms with E-state index in [1.807, 2.05) is 0 Å². The average molecular weight is 345 g/mol. The fraction of sp³-hybridized carbons (Fsp3) is 0.619. The minimum absolute atomic E-state index is 0.0122. The zero-order valence-corrected chi connectivity index (χ0v) is 15.9. The molecule has 0 bridgehead atoms. The first kappa shape index (κ1) is 19.5. The Kier molecular flexibility index (Phi) is 6.63. The zero-order valence-electron chi connectivity index (χ0n) is 15.9. The Morgan fingerprint density at radius 2 is 1.88 bits per heavy atom. The number of rotatable bonds is 7. The number of carbonyl (C=O) groups is 2. The second-order valence-corrected chi connectivity index (χ2v) is 7.83. The highest BCUT2D eigenvalue weighted by Crippen LogP contribution is 2.40. The first-order valence-electron chi connectivity index (χ1n) is 9.35. The number of ether oxygens (including phenoxy) is 1. The largest absolute Gasteiger partial charge is 0.484 e. The first-order chi connectivity index (χ1) is 11.8. The molecular weight excluding hydrogens is 314 g/mol. The second kappa shape index (κ2) is 8.50. The molecule has 25 heavy (non-hydrogen) atoms. The zero-order chi connectivity index (χ0) is 18.4. The summed E-state index contributed by atoms with van der Waals surface area (Å²) in [5, 5.41) is 3.09. The average Bonchev–Trinajstić information content (AvgIpc) is 2.60. The van der Waals surface area contributed by atoms with Gasteiger partial charge in [-0.05, 0) is 56.1 Å². The van der Waals surface area contributed by atoms with Crippen molar-refractivity contribution in [2.45, 2.75) is 65.8 Å². The van der Waals surface area contributed by atoms with E-state index in [4.69, 9.17) is 4.74 Å². The van der Waals surface area contributed by atoms with Crippen LogP contribution in [0.15, 0.2) is 24.3 Å². The van der Waals surface area contributed by atoms with Gasteiger partial charge in [-0.25, -0.2) is 0 Å². The summed E-state index contributed by atoms with van der Waals surface area (Å²) < 4.78 is 5.53. The molecule has 1 saturated carbocycles. The number of amides is 1. The van der Waals surface area contributed by atoms with Gasteiger partial charge in [0, 0.05) is 11.6 Å². The Morgan fingerprint density at radius 3 is 2.48 bits per heavy atom. The van der Waals surface area contributed by atoms with Crippen molar-refractivity contribution in [3.8, 4) is 5.75 Å². The first-order valence-corrected chi connectivity index (χ1v) is 9.35. The predicted octanol–water partition coefficient (Wildman–Crippen LogP) is 4.38. The van der Waals surface area contributed by atoms with E-state index in [-0.39, 0.29) is 24.3 Å². The van der Waals surface area contributed by atoms with Crippen LogP contribution in [0.2, 0.25) is 0 Å². The Balaban J connectivity index is 1.76. The van der Waals surface area contributed by atoms with Crippen molar-refractivity contribution in [1.82, 2.24) is 5.32 Å². The minimum atomic E-state index is -0.0913. The van der Waals surface area contributed by atoms with E-state index in [9.17, 15) is 9.59 Å². The number of Topliss-reactive ketones (excluding diaryl/α,β-unsaturated/α-hetero) is 1. The van der Waals surface area contributed by atoms with E-state index in [0.29, 0.717) is 16.7 Å². The van der Waals surface area contributed by atoms with Crippen LogP contribution in [0.3, 0.4) is 0 Å². The van der Waals surface area contributed by atoms with Crippen LogP contribution in [0, 0.1) is 11.3 Å². The van der Waals surface area contributed by atoms with Gasteiger partial charge in [0.05, 0.1) is 0 Å². The minimum Gasteiger partial charge on any atom is -0.484 e. The monoisotopic (exact) mass is 345 g/mol. The Labute approximate surface area is 151 Å². The number of hydrogen-bond acceptors (Lipinski definition) is 3. The second-order valence-electron chi connectivity index (χ2n) is 7.83. The summed E-state index contributed by atoms with van der Waals surface area (Å²) in [5.74, 6) is 1.19. The van der Waals surface area contributed by atoms with Gasteiger partial charge in [-0.15, -0.1) is 0 Å². The van der Waals surface area contributed by atoms with Crippen LogP contribution in [0.5, 0.6) is 5.75 Å². The summed E-state index contributed by atoms with van der Waals surface area (Å²) in [5.41, 5.74) is 0.981. The van der Waals surface area contributed by atoms with Crippen LogP contribution in [-0.4, -0.2) is 24.3 Å². The Bertz CT molecular complexity index is 601. The summed E-state index contributed by atoms with van der Waals surface area (Å²) in [7, 11) is 0. The summed E-state index contributed by atoms with van der Waals surface area (Å²) in [6.45, 7) is 8.45. The Morgan fingerprint density at radius 1 is 1.20 bits per heavy atom. The highest BCUT2D eigenvalue weighted by Gasteiger charge is 2.32. The molecule has 1 amide bonds. The highest BCUT2D eigenvalue weighted by atomic mass is 16.5. The molecule has 2 rings (SSSR count). The van der Waals surface area contributed by atoms with Gasteiger partial charge in [0.1, 0.15) is 5.75 Å². The van der Waals surface area contributed by atoms with Gasteiger partial charge in [-0.1, -0.05) is 39.3 Å². The van der Waals surface area contributed by atoms with Crippen molar-refractivity contribution >= 4 is 11.7 Å². The van der Waals surface area contributed by atoms with Gasteiger partial charge >= 0.3 is 0 Å². The molecule has 0 heterocycles. The molecule has 4 heteroatoms. The van der Waals surface area contributed by atoms with Crippen LogP contribution in [-0.2, 0) is 4.79 Å². The van der Waals surface area contributed by atoms with Gasteiger partial charge in [-0.3, -0.25) is 9.59 Å². The van der Waals surface area contributed by atoms with Crippen LogP contribution in [0.1, 0.15) is 70.2 Å². The number of ketones is 1. The molecule has 1 aliphatic carbocycles. The van der Waals surface area contributed by atoms with Gasteiger partial charge in [0.15, 0.2) is 12.4 Å². The fourth-order valence-electron chi connectivity index (χ4n) is 3.53. The molecule has 1 aromatic carbocycles. The third kappa shape index (κ3) is 5.58. The smallest absolute Gasteiger partial charge is 0.258 e. The van der Waals surface area contributed by atoms with Crippen LogP contribution < -0.4 is 10.1 Å². The van der Waals surface area contributed by atoms with Crippen molar-refractivity contribution in [2.75, 3.05) is 6.61 Å². The lowest BCUT2D eigenvalue weighted by Crippen LogP contribution is -2.41. The molecule has 1 fully saturated rings. The third-order valence-electron chi connectivity index (χ3n) is 5.72. The summed E-state index contributed by atoms with van der Waals surface area (Å²) in [6, 6.07) is 7.20. The molecule has 0 unspecified atom stereocenters. The summed E-state index contributed by atoms with van der Waals surface area (Å²) >= 11 is 0. The lowest BCUT2D eigenvalue weighted by atomic mass is 9.69. The lowest BCUT2D eigenvalue weighted by molar-refractivity contribution is -0.124. The van der Waals surface area contributed by atoms with E-state index < -0.39 is 0 Å². The molecule has 0 radical (unpaired) electrons. The van der Waals surface area contributed by atoms with E-state index in [1.54, 1.807) is 24.3 Å². The van der Waals surface area contributed by atoms with Gasteiger partial charge in [0.25, 0.3) is 5.91 Å². The van der Waals surface area contributed by atoms with Gasteiger partial charge in [0.2, 0.25) is 0 Å². The molecular formula is C21H31NO3. The van der Waals surface area contributed by atoms with Crippen LogP contribution in [0.4, 0.5) is 0 Å². The van der Waals surface area contributed by atoms with Crippen LogP contribution >= 0.6 is 0 Å². The molecule has 0 atom stereocenters. The quantitative estimate of drug-likeness (QED) is 0.746. The van der Waals surface area contributed by atoms with Crippen molar-refractivity contribution in [3.63, 3.8) is 0 Å². The molecule has 0 saturated heterocycles. The predicted molar refractivity (Wildman–Crippen MR) is 99.9 cm³/mol. The molecule has 0 aliphatic heterocycles. The number of nitrogens with one attached hydrogen (secondary N) is 1. The molecule has 138 valence electrons. The Hall–Kier alpha value is -1.84. The maximum Gasteiger partial charge on any atom is 0.258 e. The fourth-order valence-corrected chi connectivity index (χ4v) is 3.53. The van der Waals surface area contributed by atoms with E-state index in [0.717, 1.165) is 18.8 Å². The van der Waals surface area contributed by atoms with Crippen molar-refractivity contribution in [3.05, 3.63) is 29.8 Å². The standard InChI is InChI=1S/C21H31NO3/c1-5-21(3,4)17-9-11-18(12-10-17)22-20(24)14-25-19-8-6-7-16(13-19)15(2)23/h6-8,13,17-18H,5,9-12,14H2,1-4H3,(H,22,24). The topological polar surface area (TPSA) is 55.4 Å². The molecule has 1 aliphatic rings. The van der Waals surface area contributed by atoms with E-state index in [2.05, 4.69) is 26.1 Å². The van der Waals surface area contributed by atoms with Crippen molar-refractivity contribution in [2.24, 2.45) is 11.3 Å². The number of carbonyl (C=O) groups excluding carboxylic acids is 2. The van der Waals surface area contributed by atoms with Crippen molar-refractivity contribution < 1.29 is 14.3 Å². The maximum atomic E-state index is 12.1. The highest BCUT2D eigenvalue weighted by molar-refractivity contribution is 5.94. The molecule has 1 N–H and O–H groups in total. The molecule has 4 nitrogen and oxygen atoms in total. The SMILES string of the molecule is CCC(C)(C)C1CCC(NC(=O)COc2cccc(C(C)=O)c2)CC1. The van der Waals surface area contributed by atoms with Gasteiger partial charge in [-0.2, -0.15) is 0 Å². The lowest BCUT2D eigenvalue weighted by Gasteiger charge is -2.39.